The lowest BCUT2D eigenvalue weighted by atomic mass is 10.1. The van der Waals surface area contributed by atoms with Gasteiger partial charge in [0.25, 0.3) is 0 Å². The molecular weight excluding hydrogens is 356 g/mol. The Morgan fingerprint density at radius 3 is 2.31 bits per heavy atom. The third-order valence-electron chi connectivity index (χ3n) is 3.57. The van der Waals surface area contributed by atoms with Crippen LogP contribution in [0.15, 0.2) is 63.9 Å². The van der Waals surface area contributed by atoms with Crippen LogP contribution in [0.4, 0.5) is 0 Å². The number of carbonyl (C=O) groups is 1. The molecule has 0 radical (unpaired) electrons. The van der Waals surface area contributed by atoms with E-state index in [1.807, 2.05) is 30.3 Å². The third kappa shape index (κ3) is 3.66. The molecule has 26 heavy (non-hydrogen) atoms. The molecular formula is C18H16N2O5S. The van der Waals surface area contributed by atoms with Gasteiger partial charge >= 0.3 is 11.9 Å². The van der Waals surface area contributed by atoms with Crippen LogP contribution in [0, 0.1) is 0 Å². The second kappa shape index (κ2) is 7.11. The predicted molar refractivity (Wildman–Crippen MR) is 94.7 cm³/mol. The summed E-state index contributed by atoms with van der Waals surface area (Å²) in [4.78, 5) is 16.2. The minimum Gasteiger partial charge on any atom is -0.459 e. The first-order valence-electron chi connectivity index (χ1n) is 7.76. The van der Waals surface area contributed by atoms with Crippen molar-refractivity contribution in [2.45, 2.75) is 11.8 Å². The van der Waals surface area contributed by atoms with E-state index in [9.17, 15) is 13.2 Å². The largest absolute Gasteiger partial charge is 0.459 e. The molecule has 0 unspecified atom stereocenters. The van der Waals surface area contributed by atoms with Gasteiger partial charge in [0.15, 0.2) is 5.76 Å². The zero-order valence-electron chi connectivity index (χ0n) is 13.9. The molecule has 0 aliphatic heterocycles. The van der Waals surface area contributed by atoms with Gasteiger partial charge in [0, 0.05) is 11.1 Å². The summed E-state index contributed by atoms with van der Waals surface area (Å²) < 4.78 is 33.4. The van der Waals surface area contributed by atoms with Gasteiger partial charge in [-0.2, -0.15) is 0 Å². The SMILES string of the molecule is CCOC(=O)c1nc(-c2ccc(S(N)(=O)=O)cc2)c(-c2ccccc2)o1. The van der Waals surface area contributed by atoms with E-state index in [0.717, 1.165) is 5.56 Å². The van der Waals surface area contributed by atoms with E-state index < -0.39 is 16.0 Å². The van der Waals surface area contributed by atoms with Crippen molar-refractivity contribution in [1.82, 2.24) is 4.98 Å². The van der Waals surface area contributed by atoms with Crippen molar-refractivity contribution in [3.8, 4) is 22.6 Å². The number of primary sulfonamides is 1. The minimum absolute atomic E-state index is 0.0170. The van der Waals surface area contributed by atoms with Gasteiger partial charge in [-0.15, -0.1) is 0 Å². The van der Waals surface area contributed by atoms with E-state index in [-0.39, 0.29) is 17.4 Å². The van der Waals surface area contributed by atoms with Crippen LogP contribution in [-0.4, -0.2) is 26.0 Å². The quantitative estimate of drug-likeness (QED) is 0.689. The summed E-state index contributed by atoms with van der Waals surface area (Å²) in [6, 6.07) is 15.0. The Labute approximate surface area is 150 Å². The van der Waals surface area contributed by atoms with Crippen LogP contribution in [0.1, 0.15) is 17.6 Å². The van der Waals surface area contributed by atoms with Gasteiger partial charge in [0.1, 0.15) is 5.69 Å². The van der Waals surface area contributed by atoms with Crippen LogP contribution < -0.4 is 5.14 Å². The third-order valence-corrected chi connectivity index (χ3v) is 4.50. The number of carbonyl (C=O) groups excluding carboxylic acids is 1. The molecule has 3 aromatic rings. The first kappa shape index (κ1) is 17.8. The highest BCUT2D eigenvalue weighted by molar-refractivity contribution is 7.89. The normalized spacial score (nSPS) is 11.3. The summed E-state index contributed by atoms with van der Waals surface area (Å²) in [5, 5.41) is 5.12. The summed E-state index contributed by atoms with van der Waals surface area (Å²) in [5.74, 6) is -0.453. The number of rotatable bonds is 5. The Balaban J connectivity index is 2.11. The van der Waals surface area contributed by atoms with Crippen molar-refractivity contribution in [3.05, 3.63) is 60.5 Å². The average Bonchev–Trinajstić information content (AvgIpc) is 3.07. The smallest absolute Gasteiger partial charge is 0.394 e. The second-order valence-corrected chi connectivity index (χ2v) is 6.91. The molecule has 1 heterocycles. The zero-order valence-corrected chi connectivity index (χ0v) is 14.7. The number of aromatic nitrogens is 1. The molecule has 0 atom stereocenters. The van der Waals surface area contributed by atoms with Crippen molar-refractivity contribution < 1.29 is 22.4 Å². The van der Waals surface area contributed by atoms with Gasteiger partial charge in [-0.3, -0.25) is 0 Å². The van der Waals surface area contributed by atoms with Crippen LogP contribution in [0.5, 0.6) is 0 Å². The Bertz CT molecular complexity index is 1030. The Kier molecular flexibility index (Phi) is 4.88. The number of benzene rings is 2. The van der Waals surface area contributed by atoms with Gasteiger partial charge < -0.3 is 9.15 Å². The number of hydrogen-bond donors (Lipinski definition) is 1. The highest BCUT2D eigenvalue weighted by atomic mass is 32.2. The predicted octanol–water partition coefficient (Wildman–Crippen LogP) is 2.83. The molecule has 0 spiro atoms. The van der Waals surface area contributed by atoms with Gasteiger partial charge in [-0.25, -0.2) is 23.3 Å². The van der Waals surface area contributed by atoms with E-state index in [2.05, 4.69) is 4.98 Å². The van der Waals surface area contributed by atoms with Crippen LogP contribution >= 0.6 is 0 Å². The van der Waals surface area contributed by atoms with Gasteiger partial charge in [-0.05, 0) is 19.1 Å². The maximum Gasteiger partial charge on any atom is 0.394 e. The lowest BCUT2D eigenvalue weighted by molar-refractivity contribution is 0.0482. The highest BCUT2D eigenvalue weighted by Gasteiger charge is 2.22. The molecule has 2 N–H and O–H groups in total. The fourth-order valence-electron chi connectivity index (χ4n) is 2.38. The lowest BCUT2D eigenvalue weighted by Gasteiger charge is -2.03. The first-order chi connectivity index (χ1) is 12.4. The number of oxazole rings is 1. The lowest BCUT2D eigenvalue weighted by Crippen LogP contribution is -2.11. The Morgan fingerprint density at radius 2 is 1.73 bits per heavy atom. The molecule has 7 nitrogen and oxygen atoms in total. The molecule has 2 aromatic carbocycles. The van der Waals surface area contributed by atoms with Crippen molar-refractivity contribution in [2.75, 3.05) is 6.61 Å². The topological polar surface area (TPSA) is 112 Å². The fourth-order valence-corrected chi connectivity index (χ4v) is 2.90. The van der Waals surface area contributed by atoms with Crippen molar-refractivity contribution >= 4 is 16.0 Å². The van der Waals surface area contributed by atoms with E-state index in [1.165, 1.54) is 12.1 Å². The van der Waals surface area contributed by atoms with Crippen molar-refractivity contribution in [1.29, 1.82) is 0 Å². The molecule has 8 heteroatoms. The molecule has 0 fully saturated rings. The van der Waals surface area contributed by atoms with E-state index >= 15 is 0 Å². The summed E-state index contributed by atoms with van der Waals surface area (Å²) in [6.07, 6.45) is 0. The second-order valence-electron chi connectivity index (χ2n) is 5.35. The van der Waals surface area contributed by atoms with Crippen molar-refractivity contribution in [3.63, 3.8) is 0 Å². The van der Waals surface area contributed by atoms with Crippen LogP contribution in [-0.2, 0) is 14.8 Å². The molecule has 0 aliphatic carbocycles. The maximum atomic E-state index is 12.0. The van der Waals surface area contributed by atoms with Crippen LogP contribution in [0.25, 0.3) is 22.6 Å². The van der Waals surface area contributed by atoms with E-state index in [1.54, 1.807) is 19.1 Å². The molecule has 134 valence electrons. The minimum atomic E-state index is -3.80. The van der Waals surface area contributed by atoms with E-state index in [4.69, 9.17) is 14.3 Å². The molecule has 0 saturated heterocycles. The number of esters is 1. The fraction of sp³-hybridized carbons (Fsp3) is 0.111. The number of nitrogens with two attached hydrogens (primary N) is 1. The van der Waals surface area contributed by atoms with Gasteiger partial charge in [0.05, 0.1) is 11.5 Å². The molecule has 3 rings (SSSR count). The summed E-state index contributed by atoms with van der Waals surface area (Å²) in [5.41, 5.74) is 1.71. The van der Waals surface area contributed by atoms with Gasteiger partial charge in [-0.1, -0.05) is 42.5 Å². The van der Waals surface area contributed by atoms with Gasteiger partial charge in [0.2, 0.25) is 10.0 Å². The highest BCUT2D eigenvalue weighted by Crippen LogP contribution is 2.33. The standard InChI is InChI=1S/C18H16N2O5S/c1-2-24-18(21)17-20-15(16(25-17)13-6-4-3-5-7-13)12-8-10-14(11-9-12)26(19,22)23/h3-11H,2H2,1H3,(H2,19,22,23). The monoisotopic (exact) mass is 372 g/mol. The van der Waals surface area contributed by atoms with Crippen LogP contribution in [0.2, 0.25) is 0 Å². The van der Waals surface area contributed by atoms with E-state index in [0.29, 0.717) is 17.0 Å². The number of hydrogen-bond acceptors (Lipinski definition) is 6. The number of ether oxygens (including phenoxy) is 1. The molecule has 0 aliphatic rings. The number of sulfonamides is 1. The summed E-state index contributed by atoms with van der Waals surface area (Å²) in [6.45, 7) is 1.88. The zero-order chi connectivity index (χ0) is 18.7. The molecule has 0 bridgehead atoms. The maximum absolute atomic E-state index is 12.0. The molecule has 0 amide bonds. The number of nitrogens with zero attached hydrogens (tertiary/aromatic N) is 1. The first-order valence-corrected chi connectivity index (χ1v) is 9.31. The Morgan fingerprint density at radius 1 is 1.08 bits per heavy atom. The van der Waals surface area contributed by atoms with Crippen LogP contribution in [0.3, 0.4) is 0 Å². The average molecular weight is 372 g/mol. The molecule has 0 saturated carbocycles. The Hall–Kier alpha value is -2.97. The molecule has 1 aromatic heterocycles. The summed E-state index contributed by atoms with van der Waals surface area (Å²) in [7, 11) is -3.80. The summed E-state index contributed by atoms with van der Waals surface area (Å²) >= 11 is 0. The van der Waals surface area contributed by atoms with Crippen molar-refractivity contribution in [2.24, 2.45) is 5.14 Å².